The predicted molar refractivity (Wildman–Crippen MR) is 129 cm³/mol. The first-order chi connectivity index (χ1) is 15.2. The Kier molecular flexibility index (Phi) is 6.65. The molecule has 3 aromatic rings. The Morgan fingerprint density at radius 2 is 1.78 bits per heavy atom. The van der Waals surface area contributed by atoms with E-state index in [2.05, 4.69) is 15.6 Å². The van der Waals surface area contributed by atoms with Gasteiger partial charge in [-0.05, 0) is 51.7 Å². The molecule has 0 saturated heterocycles. The van der Waals surface area contributed by atoms with Gasteiger partial charge in [-0.25, -0.2) is 9.97 Å². The number of anilines is 3. The summed E-state index contributed by atoms with van der Waals surface area (Å²) in [5.41, 5.74) is 7.36. The highest BCUT2D eigenvalue weighted by Gasteiger charge is 2.29. The van der Waals surface area contributed by atoms with Crippen molar-refractivity contribution < 1.29 is 4.79 Å². The first kappa shape index (κ1) is 22.9. The second-order valence-electron chi connectivity index (χ2n) is 8.28. The van der Waals surface area contributed by atoms with Crippen LogP contribution in [0.3, 0.4) is 0 Å². The van der Waals surface area contributed by atoms with Gasteiger partial charge in [-0.15, -0.1) is 0 Å². The van der Waals surface area contributed by atoms with Crippen LogP contribution in [0.1, 0.15) is 45.6 Å². The van der Waals surface area contributed by atoms with Gasteiger partial charge in [0.05, 0.1) is 21.9 Å². The molecule has 32 heavy (non-hydrogen) atoms. The van der Waals surface area contributed by atoms with Gasteiger partial charge in [-0.3, -0.25) is 9.36 Å². The van der Waals surface area contributed by atoms with Crippen LogP contribution in [0.2, 0.25) is 15.1 Å². The Labute approximate surface area is 200 Å². The molecule has 2 aromatic heterocycles. The third-order valence-corrected chi connectivity index (χ3v) is 6.37. The van der Waals surface area contributed by atoms with Gasteiger partial charge in [0, 0.05) is 23.0 Å². The first-order valence-corrected chi connectivity index (χ1v) is 11.6. The average Bonchev–Trinajstić information content (AvgIpc) is 3.07. The molecule has 11 heteroatoms. The minimum absolute atomic E-state index is 0.0738. The predicted octanol–water partition coefficient (Wildman–Crippen LogP) is 5.57. The summed E-state index contributed by atoms with van der Waals surface area (Å²) in [6.45, 7) is 4.04. The topological polar surface area (TPSA) is 111 Å². The van der Waals surface area contributed by atoms with Crippen LogP contribution in [0, 0.1) is 5.92 Å². The largest absolute Gasteiger partial charge is 0.369 e. The number of imidazole rings is 1. The van der Waals surface area contributed by atoms with Gasteiger partial charge in [0.1, 0.15) is 5.52 Å². The van der Waals surface area contributed by atoms with Crippen LogP contribution in [0.25, 0.3) is 11.2 Å². The molecular formula is C21H24Cl3N7O. The van der Waals surface area contributed by atoms with E-state index in [0.29, 0.717) is 56.7 Å². The van der Waals surface area contributed by atoms with Gasteiger partial charge in [0.25, 0.3) is 0 Å². The number of nitrogens with zero attached hydrogens (tertiary/aromatic N) is 4. The maximum atomic E-state index is 11.6. The Morgan fingerprint density at radius 3 is 2.38 bits per heavy atom. The van der Waals surface area contributed by atoms with Crippen LogP contribution in [0.15, 0.2) is 18.3 Å². The maximum absolute atomic E-state index is 11.6. The Balaban J connectivity index is 1.78. The molecule has 0 bridgehead atoms. The van der Waals surface area contributed by atoms with E-state index in [1.54, 1.807) is 18.3 Å². The van der Waals surface area contributed by atoms with E-state index in [0.717, 1.165) is 12.8 Å². The van der Waals surface area contributed by atoms with Crippen LogP contribution in [0.4, 0.5) is 17.6 Å². The number of carbonyl (C=O) groups is 1. The molecule has 1 amide bonds. The third-order valence-electron chi connectivity index (χ3n) is 5.56. The minimum Gasteiger partial charge on any atom is -0.369 e. The number of nitrogens with one attached hydrogen (secondary N) is 2. The molecule has 8 nitrogen and oxygen atoms in total. The van der Waals surface area contributed by atoms with Crippen molar-refractivity contribution >= 4 is 69.5 Å². The van der Waals surface area contributed by atoms with Crippen molar-refractivity contribution in [3.05, 3.63) is 33.4 Å². The highest BCUT2D eigenvalue weighted by atomic mass is 35.5. The van der Waals surface area contributed by atoms with Gasteiger partial charge in [-0.2, -0.15) is 4.98 Å². The summed E-state index contributed by atoms with van der Waals surface area (Å²) in [4.78, 5) is 25.5. The molecule has 170 valence electrons. The van der Waals surface area contributed by atoms with Gasteiger partial charge in [0.2, 0.25) is 17.8 Å². The molecule has 0 unspecified atom stereocenters. The molecule has 0 aliphatic heterocycles. The van der Waals surface area contributed by atoms with E-state index < -0.39 is 0 Å². The Morgan fingerprint density at radius 1 is 1.12 bits per heavy atom. The summed E-state index contributed by atoms with van der Waals surface area (Å²) in [6.07, 6.45) is 4.65. The molecule has 1 aromatic carbocycles. The Hall–Kier alpha value is -2.29. The summed E-state index contributed by atoms with van der Waals surface area (Å²) in [5, 5.41) is 7.70. The molecule has 0 spiro atoms. The summed E-state index contributed by atoms with van der Waals surface area (Å²) < 4.78 is 2.04. The quantitative estimate of drug-likeness (QED) is 0.411. The van der Waals surface area contributed by atoms with Crippen molar-refractivity contribution in [1.29, 1.82) is 0 Å². The number of carbonyl (C=O) groups excluding carboxylic acids is 1. The number of rotatable bonds is 6. The van der Waals surface area contributed by atoms with Crippen molar-refractivity contribution in [3.63, 3.8) is 0 Å². The molecule has 4 N–H and O–H groups in total. The zero-order chi connectivity index (χ0) is 23.0. The SMILES string of the molecule is CC(C)Nc1ncc2nc(Nc3c(Cl)cc(Cl)cc3Cl)n([C@H]3CC[C@@H](C(N)=O)CC3)c2n1. The van der Waals surface area contributed by atoms with Crippen LogP contribution >= 0.6 is 34.8 Å². The fourth-order valence-corrected chi connectivity index (χ4v) is 4.96. The van der Waals surface area contributed by atoms with Crippen molar-refractivity contribution in [1.82, 2.24) is 19.5 Å². The van der Waals surface area contributed by atoms with Crippen molar-refractivity contribution in [2.24, 2.45) is 11.7 Å². The lowest BCUT2D eigenvalue weighted by molar-refractivity contribution is -0.122. The summed E-state index contributed by atoms with van der Waals surface area (Å²) in [6, 6.07) is 3.49. The zero-order valence-electron chi connectivity index (χ0n) is 17.7. The highest BCUT2D eigenvalue weighted by molar-refractivity contribution is 6.41. The summed E-state index contributed by atoms with van der Waals surface area (Å²) in [5.74, 6) is 0.714. The smallest absolute Gasteiger partial charge is 0.224 e. The van der Waals surface area contributed by atoms with E-state index in [-0.39, 0.29) is 23.9 Å². The van der Waals surface area contributed by atoms with E-state index in [1.807, 2.05) is 18.4 Å². The number of benzene rings is 1. The highest BCUT2D eigenvalue weighted by Crippen LogP contribution is 2.40. The zero-order valence-corrected chi connectivity index (χ0v) is 20.0. The molecule has 1 aliphatic rings. The lowest BCUT2D eigenvalue weighted by Gasteiger charge is -2.29. The second kappa shape index (κ2) is 9.29. The van der Waals surface area contributed by atoms with E-state index in [1.165, 1.54) is 0 Å². The lowest BCUT2D eigenvalue weighted by Crippen LogP contribution is -2.28. The van der Waals surface area contributed by atoms with Gasteiger partial charge >= 0.3 is 0 Å². The number of halogens is 3. The lowest BCUT2D eigenvalue weighted by atomic mass is 9.85. The summed E-state index contributed by atoms with van der Waals surface area (Å²) >= 11 is 18.9. The van der Waals surface area contributed by atoms with Gasteiger partial charge in [0.15, 0.2) is 5.65 Å². The molecule has 1 saturated carbocycles. The first-order valence-electron chi connectivity index (χ1n) is 10.4. The van der Waals surface area contributed by atoms with E-state index >= 15 is 0 Å². The average molecular weight is 497 g/mol. The normalized spacial score (nSPS) is 18.8. The molecule has 2 heterocycles. The standard InChI is InChI=1S/C21H24Cl3N7O/c1-10(2)27-20-26-9-16-19(30-20)31(13-5-3-11(4-6-13)18(25)32)21(28-16)29-17-14(23)7-12(22)8-15(17)24/h7-11,13H,3-6H2,1-2H3,(H2,25,32)(H,28,29)(H,26,27,30)/t11-,13+. The number of aromatic nitrogens is 4. The molecule has 4 rings (SSSR count). The number of nitrogens with two attached hydrogens (primary N) is 1. The monoisotopic (exact) mass is 495 g/mol. The fourth-order valence-electron chi connectivity index (χ4n) is 4.04. The van der Waals surface area contributed by atoms with Gasteiger partial charge in [-0.1, -0.05) is 34.8 Å². The summed E-state index contributed by atoms with van der Waals surface area (Å²) in [7, 11) is 0. The Bertz CT molecular complexity index is 1130. The number of primary amides is 1. The minimum atomic E-state index is -0.247. The molecule has 1 aliphatic carbocycles. The van der Waals surface area contributed by atoms with Crippen LogP contribution in [-0.4, -0.2) is 31.5 Å². The van der Waals surface area contributed by atoms with Crippen molar-refractivity contribution in [2.45, 2.75) is 51.6 Å². The van der Waals surface area contributed by atoms with E-state index in [9.17, 15) is 4.79 Å². The van der Waals surface area contributed by atoms with Crippen molar-refractivity contribution in [2.75, 3.05) is 10.6 Å². The van der Waals surface area contributed by atoms with Gasteiger partial charge < -0.3 is 16.4 Å². The van der Waals surface area contributed by atoms with E-state index in [4.69, 9.17) is 50.5 Å². The molecule has 0 atom stereocenters. The second-order valence-corrected chi connectivity index (χ2v) is 9.53. The number of hydrogen-bond acceptors (Lipinski definition) is 6. The maximum Gasteiger partial charge on any atom is 0.224 e. The molecular weight excluding hydrogens is 473 g/mol. The van der Waals surface area contributed by atoms with Crippen LogP contribution in [0.5, 0.6) is 0 Å². The van der Waals surface area contributed by atoms with Crippen molar-refractivity contribution in [3.8, 4) is 0 Å². The third kappa shape index (κ3) is 4.72. The number of fused-ring (bicyclic) bond motifs is 1. The van der Waals surface area contributed by atoms with Crippen LogP contribution < -0.4 is 16.4 Å². The fraction of sp³-hybridized carbons (Fsp3) is 0.429. The molecule has 0 radical (unpaired) electrons. The molecule has 1 fully saturated rings. The van der Waals surface area contributed by atoms with Crippen LogP contribution in [-0.2, 0) is 4.79 Å². The number of hydrogen-bond donors (Lipinski definition) is 3. The number of amides is 1.